The molecule has 0 spiro atoms. The topological polar surface area (TPSA) is 131 Å². The molecule has 0 saturated heterocycles. The van der Waals surface area contributed by atoms with E-state index in [0.717, 1.165) is 4.57 Å². The molecule has 0 aliphatic heterocycles. The van der Waals surface area contributed by atoms with E-state index in [2.05, 4.69) is 21.2 Å². The molecular weight excluding hydrogens is 334 g/mol. The fraction of sp³-hybridized carbons (Fsp3) is 0.273. The Labute approximate surface area is 121 Å². The van der Waals surface area contributed by atoms with Gasteiger partial charge in [0.15, 0.2) is 0 Å². The average Bonchev–Trinajstić information content (AvgIpc) is 2.32. The van der Waals surface area contributed by atoms with Crippen molar-refractivity contribution in [2.75, 3.05) is 0 Å². The molecule has 108 valence electrons. The fourth-order valence-corrected chi connectivity index (χ4v) is 1.80. The first-order chi connectivity index (χ1) is 9.29. The first-order valence-corrected chi connectivity index (χ1v) is 6.25. The number of primary amides is 1. The number of hydrogen-bond acceptors (Lipinski definition) is 4. The Hall–Kier alpha value is -2.16. The van der Waals surface area contributed by atoms with E-state index in [-0.39, 0.29) is 6.54 Å². The molecule has 4 N–H and O–H groups in total. The number of carboxylic acid groups (broad SMARTS) is 1. The molecule has 0 saturated carbocycles. The molecule has 0 bridgehead atoms. The smallest absolute Gasteiger partial charge is 0.326 e. The number of aliphatic carboxylic acids is 1. The molecule has 1 rings (SSSR count). The minimum atomic E-state index is -1.41. The second-order valence-corrected chi connectivity index (χ2v) is 4.86. The maximum Gasteiger partial charge on any atom is 0.326 e. The van der Waals surface area contributed by atoms with Gasteiger partial charge in [0.25, 0.3) is 5.56 Å². The first kappa shape index (κ1) is 15.9. The van der Waals surface area contributed by atoms with Crippen LogP contribution in [-0.4, -0.2) is 33.5 Å². The molecule has 8 nitrogen and oxygen atoms in total. The molecule has 20 heavy (non-hydrogen) atoms. The summed E-state index contributed by atoms with van der Waals surface area (Å²) >= 11 is 3.15. The highest BCUT2D eigenvalue weighted by atomic mass is 79.9. The Morgan fingerprint density at radius 1 is 1.40 bits per heavy atom. The van der Waals surface area contributed by atoms with E-state index in [9.17, 15) is 19.2 Å². The lowest BCUT2D eigenvalue weighted by atomic mass is 10.2. The van der Waals surface area contributed by atoms with Crippen LogP contribution in [0.1, 0.15) is 6.42 Å². The second-order valence-electron chi connectivity index (χ2n) is 3.94. The van der Waals surface area contributed by atoms with E-state index < -0.39 is 35.8 Å². The molecule has 0 aromatic carbocycles. The van der Waals surface area contributed by atoms with Crippen molar-refractivity contribution in [2.45, 2.75) is 19.0 Å². The van der Waals surface area contributed by atoms with Gasteiger partial charge >= 0.3 is 5.97 Å². The van der Waals surface area contributed by atoms with Crippen LogP contribution in [0.4, 0.5) is 0 Å². The molecular formula is C11H12BrN3O5. The van der Waals surface area contributed by atoms with Crippen LogP contribution in [0, 0.1) is 0 Å². The highest BCUT2D eigenvalue weighted by molar-refractivity contribution is 9.10. The predicted octanol–water partition coefficient (Wildman–Crippen LogP) is -0.944. The van der Waals surface area contributed by atoms with Crippen molar-refractivity contribution in [3.63, 3.8) is 0 Å². The third kappa shape index (κ3) is 4.84. The van der Waals surface area contributed by atoms with E-state index in [1.165, 1.54) is 18.3 Å². The van der Waals surface area contributed by atoms with Crippen molar-refractivity contribution in [3.05, 3.63) is 33.2 Å². The SMILES string of the molecule is NC(=O)CC(NC(=O)Cn1cc(Br)ccc1=O)C(=O)O. The molecule has 1 atom stereocenters. The van der Waals surface area contributed by atoms with Gasteiger partial charge in [0.05, 0.1) is 6.42 Å². The number of amides is 2. The lowest BCUT2D eigenvalue weighted by molar-refractivity contribution is -0.143. The van der Waals surface area contributed by atoms with Gasteiger partial charge in [-0.2, -0.15) is 0 Å². The summed E-state index contributed by atoms with van der Waals surface area (Å²) in [6, 6.07) is 1.36. The summed E-state index contributed by atoms with van der Waals surface area (Å²) in [6.07, 6.45) is 0.875. The van der Waals surface area contributed by atoms with Crippen LogP contribution in [0.2, 0.25) is 0 Å². The van der Waals surface area contributed by atoms with Crippen molar-refractivity contribution in [3.8, 4) is 0 Å². The van der Waals surface area contributed by atoms with Crippen LogP contribution in [0.25, 0.3) is 0 Å². The highest BCUT2D eigenvalue weighted by Gasteiger charge is 2.22. The number of nitrogens with one attached hydrogen (secondary N) is 1. The lowest BCUT2D eigenvalue weighted by Gasteiger charge is -2.13. The van der Waals surface area contributed by atoms with Gasteiger partial charge in [-0.3, -0.25) is 14.4 Å². The van der Waals surface area contributed by atoms with Crippen LogP contribution >= 0.6 is 15.9 Å². The lowest BCUT2D eigenvalue weighted by Crippen LogP contribution is -2.45. The monoisotopic (exact) mass is 345 g/mol. The third-order valence-electron chi connectivity index (χ3n) is 2.30. The van der Waals surface area contributed by atoms with Gasteiger partial charge in [-0.05, 0) is 22.0 Å². The van der Waals surface area contributed by atoms with Gasteiger partial charge in [0, 0.05) is 16.7 Å². The van der Waals surface area contributed by atoms with E-state index in [0.29, 0.717) is 4.47 Å². The molecule has 9 heteroatoms. The summed E-state index contributed by atoms with van der Waals surface area (Å²) in [5.74, 6) is -2.94. The number of aromatic nitrogens is 1. The molecule has 0 radical (unpaired) electrons. The number of nitrogens with zero attached hydrogens (tertiary/aromatic N) is 1. The van der Waals surface area contributed by atoms with Gasteiger partial charge in [-0.25, -0.2) is 4.79 Å². The summed E-state index contributed by atoms with van der Waals surface area (Å²) in [5.41, 5.74) is 4.48. The van der Waals surface area contributed by atoms with Crippen LogP contribution in [-0.2, 0) is 20.9 Å². The number of pyridine rings is 1. The van der Waals surface area contributed by atoms with Gasteiger partial charge in [-0.1, -0.05) is 0 Å². The normalized spacial score (nSPS) is 11.7. The Bertz CT molecular complexity index is 598. The average molecular weight is 346 g/mol. The van der Waals surface area contributed by atoms with Crippen molar-refractivity contribution in [1.29, 1.82) is 0 Å². The van der Waals surface area contributed by atoms with E-state index >= 15 is 0 Å². The molecule has 1 heterocycles. The van der Waals surface area contributed by atoms with Crippen molar-refractivity contribution in [2.24, 2.45) is 5.73 Å². The van der Waals surface area contributed by atoms with Crippen molar-refractivity contribution < 1.29 is 19.5 Å². The number of carbonyl (C=O) groups is 3. The van der Waals surface area contributed by atoms with Gasteiger partial charge < -0.3 is 20.7 Å². The van der Waals surface area contributed by atoms with Crippen LogP contribution in [0.5, 0.6) is 0 Å². The summed E-state index contributed by atoms with van der Waals surface area (Å²) in [4.78, 5) is 44.7. The first-order valence-electron chi connectivity index (χ1n) is 5.46. The van der Waals surface area contributed by atoms with Gasteiger partial charge in [0.1, 0.15) is 12.6 Å². The van der Waals surface area contributed by atoms with Gasteiger partial charge in [0.2, 0.25) is 11.8 Å². The molecule has 1 aromatic rings. The molecule has 2 amide bonds. The standard InChI is InChI=1S/C11H12BrN3O5/c12-6-1-2-10(18)15(4-6)5-9(17)14-7(11(19)20)3-8(13)16/h1-2,4,7H,3,5H2,(H2,13,16)(H,14,17)(H,19,20). The summed E-state index contributed by atoms with van der Waals surface area (Å²) in [5, 5.41) is 11.0. The summed E-state index contributed by atoms with van der Waals surface area (Å²) in [6.45, 7) is -0.360. The van der Waals surface area contributed by atoms with Gasteiger partial charge in [-0.15, -0.1) is 0 Å². The number of hydrogen-bond donors (Lipinski definition) is 3. The van der Waals surface area contributed by atoms with Crippen LogP contribution in [0.3, 0.4) is 0 Å². The van der Waals surface area contributed by atoms with E-state index in [4.69, 9.17) is 10.8 Å². The van der Waals surface area contributed by atoms with Crippen LogP contribution in [0.15, 0.2) is 27.6 Å². The molecule has 0 fully saturated rings. The molecule has 0 aliphatic rings. The number of rotatable bonds is 6. The molecule has 1 unspecified atom stereocenters. The highest BCUT2D eigenvalue weighted by Crippen LogP contribution is 2.04. The largest absolute Gasteiger partial charge is 0.480 e. The molecule has 0 aliphatic carbocycles. The number of nitrogens with two attached hydrogens (primary N) is 1. The van der Waals surface area contributed by atoms with Crippen molar-refractivity contribution >= 4 is 33.7 Å². The maximum atomic E-state index is 11.7. The fourth-order valence-electron chi connectivity index (χ4n) is 1.42. The number of carboxylic acids is 1. The zero-order valence-electron chi connectivity index (χ0n) is 10.2. The quantitative estimate of drug-likeness (QED) is 0.611. The van der Waals surface area contributed by atoms with E-state index in [1.54, 1.807) is 0 Å². The second kappa shape index (κ2) is 6.85. The summed E-state index contributed by atoms with van der Waals surface area (Å²) < 4.78 is 1.69. The zero-order valence-corrected chi connectivity index (χ0v) is 11.8. The zero-order chi connectivity index (χ0) is 15.3. The summed E-state index contributed by atoms with van der Waals surface area (Å²) in [7, 11) is 0. The number of halogens is 1. The minimum Gasteiger partial charge on any atom is -0.480 e. The Morgan fingerprint density at radius 3 is 2.60 bits per heavy atom. The number of carbonyl (C=O) groups excluding carboxylic acids is 2. The molecule has 1 aromatic heterocycles. The third-order valence-corrected chi connectivity index (χ3v) is 2.77. The Balaban J connectivity index is 2.75. The minimum absolute atomic E-state index is 0.360. The maximum absolute atomic E-state index is 11.7. The van der Waals surface area contributed by atoms with E-state index in [1.807, 2.05) is 0 Å². The van der Waals surface area contributed by atoms with Crippen LogP contribution < -0.4 is 16.6 Å². The Morgan fingerprint density at radius 2 is 2.05 bits per heavy atom. The predicted molar refractivity (Wildman–Crippen MR) is 71.8 cm³/mol. The Kier molecular flexibility index (Phi) is 5.44. The van der Waals surface area contributed by atoms with Crippen molar-refractivity contribution in [1.82, 2.24) is 9.88 Å².